The average molecular weight is 370 g/mol. The molecule has 136 valence electrons. The van der Waals surface area contributed by atoms with Crippen LogP contribution < -0.4 is 10.0 Å². The van der Waals surface area contributed by atoms with E-state index in [4.69, 9.17) is 13.8 Å². The lowest BCUT2D eigenvalue weighted by molar-refractivity contribution is 0.229. The second-order valence-corrected chi connectivity index (χ2v) is 7.83. The van der Waals surface area contributed by atoms with E-state index in [-0.39, 0.29) is 0 Å². The normalized spacial score (nSPS) is 11.6. The maximum absolute atomic E-state index is 12.9. The van der Waals surface area contributed by atoms with Gasteiger partial charge in [0.15, 0.2) is 0 Å². The van der Waals surface area contributed by atoms with E-state index in [1.54, 1.807) is 32.0 Å². The van der Waals surface area contributed by atoms with Crippen LogP contribution in [0.1, 0.15) is 19.4 Å². The van der Waals surface area contributed by atoms with Gasteiger partial charge in [-0.05, 0) is 54.4 Å². The Morgan fingerprint density at radius 1 is 0.808 bits per heavy atom. The molecule has 0 fully saturated rings. The van der Waals surface area contributed by atoms with Crippen LogP contribution in [0, 0.1) is 0 Å². The molecule has 0 aromatic heterocycles. The van der Waals surface area contributed by atoms with E-state index in [0.29, 0.717) is 30.9 Å². The Kier molecular flexibility index (Phi) is 6.10. The maximum Gasteiger partial charge on any atom is 0.361 e. The highest BCUT2D eigenvalue weighted by atomic mass is 31.2. The summed E-state index contributed by atoms with van der Waals surface area (Å²) in [5, 5.41) is 2.89. The SMILES string of the molecule is CCOP(=O)(OCC)c1cccc(OCc2ccc3ccccc3c2)c1. The highest BCUT2D eigenvalue weighted by Crippen LogP contribution is 2.47. The molecule has 0 N–H and O–H groups in total. The zero-order valence-electron chi connectivity index (χ0n) is 15.1. The zero-order valence-corrected chi connectivity index (χ0v) is 15.9. The molecule has 3 aromatic rings. The van der Waals surface area contributed by atoms with Gasteiger partial charge in [0, 0.05) is 0 Å². The van der Waals surface area contributed by atoms with Gasteiger partial charge in [-0.15, -0.1) is 0 Å². The van der Waals surface area contributed by atoms with E-state index in [9.17, 15) is 4.57 Å². The summed E-state index contributed by atoms with van der Waals surface area (Å²) in [6.07, 6.45) is 0. The third-order valence-corrected chi connectivity index (χ3v) is 6.06. The van der Waals surface area contributed by atoms with Crippen LogP contribution in [-0.2, 0) is 20.2 Å². The summed E-state index contributed by atoms with van der Waals surface area (Å²) in [7, 11) is -3.31. The van der Waals surface area contributed by atoms with E-state index in [1.165, 1.54) is 10.8 Å². The van der Waals surface area contributed by atoms with E-state index >= 15 is 0 Å². The van der Waals surface area contributed by atoms with Gasteiger partial charge in [-0.25, -0.2) is 0 Å². The van der Waals surface area contributed by atoms with Gasteiger partial charge in [-0.3, -0.25) is 4.57 Å². The molecule has 0 amide bonds. The standard InChI is InChI=1S/C21H23O4P/c1-3-24-26(22,25-4-2)21-11-7-10-20(15-21)23-16-17-12-13-18-8-5-6-9-19(18)14-17/h5-15H,3-4,16H2,1-2H3. The first-order valence-electron chi connectivity index (χ1n) is 8.75. The quantitative estimate of drug-likeness (QED) is 0.504. The van der Waals surface area contributed by atoms with Crippen LogP contribution in [-0.4, -0.2) is 13.2 Å². The van der Waals surface area contributed by atoms with Crippen LogP contribution in [0.4, 0.5) is 0 Å². The van der Waals surface area contributed by atoms with Crippen molar-refractivity contribution < 1.29 is 18.3 Å². The monoisotopic (exact) mass is 370 g/mol. The van der Waals surface area contributed by atoms with Gasteiger partial charge in [0.1, 0.15) is 12.4 Å². The molecule has 0 spiro atoms. The molecule has 0 atom stereocenters. The van der Waals surface area contributed by atoms with Gasteiger partial charge in [-0.1, -0.05) is 42.5 Å². The van der Waals surface area contributed by atoms with Crippen molar-refractivity contribution in [1.82, 2.24) is 0 Å². The number of rotatable bonds is 8. The summed E-state index contributed by atoms with van der Waals surface area (Å²) in [4.78, 5) is 0. The van der Waals surface area contributed by atoms with Crippen molar-refractivity contribution in [1.29, 1.82) is 0 Å². The van der Waals surface area contributed by atoms with E-state index in [0.717, 1.165) is 5.56 Å². The molecule has 5 heteroatoms. The van der Waals surface area contributed by atoms with Crippen molar-refractivity contribution in [2.75, 3.05) is 13.2 Å². The second kappa shape index (κ2) is 8.50. The van der Waals surface area contributed by atoms with Gasteiger partial charge >= 0.3 is 7.60 Å². The summed E-state index contributed by atoms with van der Waals surface area (Å²) < 4.78 is 29.6. The Hall–Kier alpha value is -2.13. The van der Waals surface area contributed by atoms with Crippen molar-refractivity contribution in [3.63, 3.8) is 0 Å². The lowest BCUT2D eigenvalue weighted by atomic mass is 10.1. The number of hydrogen-bond acceptors (Lipinski definition) is 4. The molecule has 4 nitrogen and oxygen atoms in total. The molecule has 0 aliphatic rings. The second-order valence-electron chi connectivity index (χ2n) is 5.80. The van der Waals surface area contributed by atoms with Crippen LogP contribution in [0.2, 0.25) is 0 Å². The first-order valence-corrected chi connectivity index (χ1v) is 10.3. The number of benzene rings is 3. The van der Waals surface area contributed by atoms with Gasteiger partial charge < -0.3 is 13.8 Å². The summed E-state index contributed by atoms with van der Waals surface area (Å²) in [6.45, 7) is 4.66. The summed E-state index contributed by atoms with van der Waals surface area (Å²) in [5.41, 5.74) is 1.08. The smallest absolute Gasteiger partial charge is 0.361 e. The lowest BCUT2D eigenvalue weighted by Crippen LogP contribution is -2.11. The molecule has 0 saturated heterocycles. The third kappa shape index (κ3) is 4.34. The molecule has 0 aliphatic carbocycles. The van der Waals surface area contributed by atoms with E-state index in [2.05, 4.69) is 30.3 Å². The summed E-state index contributed by atoms with van der Waals surface area (Å²) >= 11 is 0. The van der Waals surface area contributed by atoms with E-state index < -0.39 is 7.60 Å². The number of fused-ring (bicyclic) bond motifs is 1. The first-order chi connectivity index (χ1) is 12.6. The molecule has 0 heterocycles. The number of ether oxygens (including phenoxy) is 1. The van der Waals surface area contributed by atoms with Crippen molar-refractivity contribution in [2.24, 2.45) is 0 Å². The van der Waals surface area contributed by atoms with Crippen molar-refractivity contribution in [2.45, 2.75) is 20.5 Å². The molecular formula is C21H23O4P. The molecule has 0 saturated carbocycles. The molecule has 0 radical (unpaired) electrons. The first kappa shape index (κ1) is 18.7. The van der Waals surface area contributed by atoms with Gasteiger partial charge in [0.25, 0.3) is 0 Å². The Balaban J connectivity index is 1.76. The maximum atomic E-state index is 12.9. The van der Waals surface area contributed by atoms with Crippen LogP contribution in [0.5, 0.6) is 5.75 Å². The van der Waals surface area contributed by atoms with Gasteiger partial charge in [-0.2, -0.15) is 0 Å². The Morgan fingerprint density at radius 2 is 1.54 bits per heavy atom. The summed E-state index contributed by atoms with van der Waals surface area (Å²) in [5.74, 6) is 0.635. The minimum absolute atomic E-state index is 0.319. The topological polar surface area (TPSA) is 44.8 Å². The van der Waals surface area contributed by atoms with Crippen LogP contribution in [0.25, 0.3) is 10.8 Å². The Bertz CT molecular complexity index is 913. The molecule has 3 rings (SSSR count). The predicted molar refractivity (Wildman–Crippen MR) is 105 cm³/mol. The molecular weight excluding hydrogens is 347 g/mol. The number of hydrogen-bond donors (Lipinski definition) is 0. The molecule has 0 aliphatic heterocycles. The van der Waals surface area contributed by atoms with Crippen molar-refractivity contribution in [3.8, 4) is 5.75 Å². The van der Waals surface area contributed by atoms with Crippen LogP contribution >= 0.6 is 7.60 Å². The third-order valence-electron chi connectivity index (χ3n) is 3.95. The average Bonchev–Trinajstić information content (AvgIpc) is 2.67. The zero-order chi connectivity index (χ0) is 18.4. The van der Waals surface area contributed by atoms with Crippen LogP contribution in [0.3, 0.4) is 0 Å². The minimum atomic E-state index is -3.31. The highest BCUT2D eigenvalue weighted by Gasteiger charge is 2.26. The predicted octanol–water partition coefficient (Wildman–Crippen LogP) is 5.31. The van der Waals surface area contributed by atoms with Gasteiger partial charge in [0.05, 0.1) is 18.5 Å². The van der Waals surface area contributed by atoms with Gasteiger partial charge in [0.2, 0.25) is 0 Å². The minimum Gasteiger partial charge on any atom is -0.489 e. The summed E-state index contributed by atoms with van der Waals surface area (Å²) in [6, 6.07) is 21.6. The molecule has 0 bridgehead atoms. The fourth-order valence-electron chi connectivity index (χ4n) is 2.77. The fourth-order valence-corrected chi connectivity index (χ4v) is 4.37. The molecule has 26 heavy (non-hydrogen) atoms. The van der Waals surface area contributed by atoms with Crippen molar-refractivity contribution in [3.05, 3.63) is 72.3 Å². The largest absolute Gasteiger partial charge is 0.489 e. The fraction of sp³-hybridized carbons (Fsp3) is 0.238. The lowest BCUT2D eigenvalue weighted by Gasteiger charge is -2.18. The highest BCUT2D eigenvalue weighted by molar-refractivity contribution is 7.62. The van der Waals surface area contributed by atoms with Crippen LogP contribution in [0.15, 0.2) is 66.7 Å². The molecule has 3 aromatic carbocycles. The van der Waals surface area contributed by atoms with E-state index in [1.807, 2.05) is 18.2 Å². The molecule has 0 unspecified atom stereocenters. The Morgan fingerprint density at radius 3 is 2.27 bits per heavy atom. The Labute approximate surface area is 154 Å². The van der Waals surface area contributed by atoms with Crippen molar-refractivity contribution >= 4 is 23.7 Å².